The molecule has 0 amide bonds. The number of rotatable bonds is 3. The van der Waals surface area contributed by atoms with Crippen molar-refractivity contribution >= 4 is 11.6 Å². The first-order valence-electron chi connectivity index (χ1n) is 6.38. The largest absolute Gasteiger partial charge is 0.488 e. The zero-order valence-corrected chi connectivity index (χ0v) is 12.4. The van der Waals surface area contributed by atoms with Crippen LogP contribution in [0.15, 0.2) is 36.7 Å². The van der Waals surface area contributed by atoms with Crippen LogP contribution in [-0.4, -0.2) is 10.9 Å². The van der Waals surface area contributed by atoms with Crippen LogP contribution in [0.3, 0.4) is 0 Å². The number of halogens is 1. The third-order valence-corrected chi connectivity index (χ3v) is 2.88. The second-order valence-electron chi connectivity index (χ2n) is 4.59. The molecule has 0 atom stereocenters. The summed E-state index contributed by atoms with van der Waals surface area (Å²) in [7, 11) is 0. The van der Waals surface area contributed by atoms with E-state index in [9.17, 15) is 0 Å². The minimum absolute atomic E-state index is 0.315. The molecule has 0 saturated carbocycles. The highest BCUT2D eigenvalue weighted by molar-refractivity contribution is 6.19. The van der Waals surface area contributed by atoms with Crippen LogP contribution in [0.4, 0.5) is 0 Å². The summed E-state index contributed by atoms with van der Waals surface area (Å²) in [6.45, 7) is 4.52. The average Bonchev–Trinajstić information content (AvgIpc) is 2.44. The fourth-order valence-corrected chi connectivity index (χ4v) is 1.92. The van der Waals surface area contributed by atoms with Crippen LogP contribution in [0.1, 0.15) is 22.3 Å². The Bertz CT molecular complexity index is 656. The SMILES string of the molecule is Cc1cncc(COc2ccc(C)cc2C#CCCl)c1. The molecular weight excluding hydrogens is 270 g/mol. The summed E-state index contributed by atoms with van der Waals surface area (Å²) in [6.07, 6.45) is 3.64. The fourth-order valence-electron chi connectivity index (χ4n) is 1.85. The first-order chi connectivity index (χ1) is 9.69. The zero-order valence-electron chi connectivity index (χ0n) is 11.6. The molecule has 0 N–H and O–H groups in total. The van der Waals surface area contributed by atoms with Crippen molar-refractivity contribution in [2.24, 2.45) is 0 Å². The van der Waals surface area contributed by atoms with Gasteiger partial charge < -0.3 is 4.74 Å². The standard InChI is InChI=1S/C17H16ClNO/c1-13-5-6-17(16(9-13)4-3-7-18)20-12-15-8-14(2)10-19-11-15/h5-6,8-11H,7,12H2,1-2H3. The van der Waals surface area contributed by atoms with Gasteiger partial charge in [0.1, 0.15) is 12.4 Å². The molecule has 0 bridgehead atoms. The molecule has 1 aromatic carbocycles. The van der Waals surface area contributed by atoms with Crippen LogP contribution < -0.4 is 4.74 Å². The molecule has 0 unspecified atom stereocenters. The van der Waals surface area contributed by atoms with Crippen molar-refractivity contribution in [3.63, 3.8) is 0 Å². The van der Waals surface area contributed by atoms with Crippen LogP contribution in [0, 0.1) is 25.7 Å². The molecule has 0 aliphatic carbocycles. The van der Waals surface area contributed by atoms with E-state index in [1.807, 2.05) is 44.4 Å². The molecule has 0 radical (unpaired) electrons. The van der Waals surface area contributed by atoms with Gasteiger partial charge in [-0.2, -0.15) is 0 Å². The van der Waals surface area contributed by atoms with E-state index < -0.39 is 0 Å². The Morgan fingerprint density at radius 2 is 2.00 bits per heavy atom. The fraction of sp³-hybridized carbons (Fsp3) is 0.235. The van der Waals surface area contributed by atoms with E-state index in [-0.39, 0.29) is 0 Å². The van der Waals surface area contributed by atoms with Crippen molar-refractivity contribution in [2.45, 2.75) is 20.5 Å². The number of pyridine rings is 1. The normalized spacial score (nSPS) is 9.75. The number of benzene rings is 1. The Morgan fingerprint density at radius 3 is 2.75 bits per heavy atom. The average molecular weight is 286 g/mol. The number of aromatic nitrogens is 1. The summed E-state index contributed by atoms with van der Waals surface area (Å²) in [5, 5.41) is 0. The second-order valence-corrected chi connectivity index (χ2v) is 4.86. The van der Waals surface area contributed by atoms with Gasteiger partial charge in [0.25, 0.3) is 0 Å². The van der Waals surface area contributed by atoms with Crippen molar-refractivity contribution < 1.29 is 4.74 Å². The smallest absolute Gasteiger partial charge is 0.135 e. The van der Waals surface area contributed by atoms with Crippen molar-refractivity contribution in [2.75, 3.05) is 5.88 Å². The number of ether oxygens (including phenoxy) is 1. The highest BCUT2D eigenvalue weighted by atomic mass is 35.5. The monoisotopic (exact) mass is 285 g/mol. The van der Waals surface area contributed by atoms with Gasteiger partial charge in [-0.05, 0) is 43.2 Å². The Kier molecular flexibility index (Phi) is 5.03. The maximum atomic E-state index is 5.84. The Hall–Kier alpha value is -1.98. The van der Waals surface area contributed by atoms with E-state index in [0.717, 1.165) is 28.0 Å². The first-order valence-corrected chi connectivity index (χ1v) is 6.91. The van der Waals surface area contributed by atoms with Gasteiger partial charge in [0, 0.05) is 18.0 Å². The van der Waals surface area contributed by atoms with Crippen LogP contribution in [-0.2, 0) is 6.61 Å². The molecule has 0 spiro atoms. The predicted molar refractivity (Wildman–Crippen MR) is 82.1 cm³/mol. The Morgan fingerprint density at radius 1 is 1.15 bits per heavy atom. The molecule has 0 fully saturated rings. The maximum absolute atomic E-state index is 5.84. The van der Waals surface area contributed by atoms with Gasteiger partial charge in [0.2, 0.25) is 0 Å². The molecule has 0 aliphatic heterocycles. The molecule has 2 aromatic rings. The lowest BCUT2D eigenvalue weighted by Crippen LogP contribution is -1.98. The van der Waals surface area contributed by atoms with Crippen LogP contribution in [0.5, 0.6) is 5.75 Å². The molecule has 20 heavy (non-hydrogen) atoms. The summed E-state index contributed by atoms with van der Waals surface area (Å²) >= 11 is 5.61. The lowest BCUT2D eigenvalue weighted by Gasteiger charge is -2.09. The van der Waals surface area contributed by atoms with Crippen LogP contribution in [0.2, 0.25) is 0 Å². The predicted octanol–water partition coefficient (Wildman–Crippen LogP) is 3.87. The summed E-state index contributed by atoms with van der Waals surface area (Å²) in [5.74, 6) is 6.98. The third kappa shape index (κ3) is 4.01. The lowest BCUT2D eigenvalue weighted by atomic mass is 10.1. The topological polar surface area (TPSA) is 22.1 Å². The molecule has 1 aromatic heterocycles. The minimum Gasteiger partial charge on any atom is -0.488 e. The highest BCUT2D eigenvalue weighted by Gasteiger charge is 2.03. The molecule has 102 valence electrons. The van der Waals surface area contributed by atoms with Crippen molar-refractivity contribution in [1.82, 2.24) is 4.98 Å². The lowest BCUT2D eigenvalue weighted by molar-refractivity contribution is 0.305. The molecule has 1 heterocycles. The van der Waals surface area contributed by atoms with Gasteiger partial charge in [0.05, 0.1) is 11.4 Å². The molecule has 2 nitrogen and oxygen atoms in total. The third-order valence-electron chi connectivity index (χ3n) is 2.75. The number of alkyl halides is 1. The van der Waals surface area contributed by atoms with E-state index in [1.54, 1.807) is 0 Å². The molecule has 0 aliphatic rings. The number of nitrogens with zero attached hydrogens (tertiary/aromatic N) is 1. The van der Waals surface area contributed by atoms with Gasteiger partial charge in [-0.15, -0.1) is 11.6 Å². The zero-order chi connectivity index (χ0) is 14.4. The first kappa shape index (κ1) is 14.4. The van der Waals surface area contributed by atoms with E-state index in [1.165, 1.54) is 0 Å². The van der Waals surface area contributed by atoms with Gasteiger partial charge in [-0.25, -0.2) is 0 Å². The van der Waals surface area contributed by atoms with Gasteiger partial charge in [-0.1, -0.05) is 17.9 Å². The number of hydrogen-bond donors (Lipinski definition) is 0. The highest BCUT2D eigenvalue weighted by Crippen LogP contribution is 2.20. The minimum atomic E-state index is 0.315. The van der Waals surface area contributed by atoms with E-state index in [2.05, 4.69) is 22.9 Å². The van der Waals surface area contributed by atoms with Crippen LogP contribution in [0.25, 0.3) is 0 Å². The number of aryl methyl sites for hydroxylation is 2. The Labute approximate surface area is 124 Å². The summed E-state index contributed by atoms with van der Waals surface area (Å²) in [5.41, 5.74) is 4.18. The van der Waals surface area contributed by atoms with Crippen molar-refractivity contribution in [3.8, 4) is 17.6 Å². The van der Waals surface area contributed by atoms with Gasteiger partial charge >= 0.3 is 0 Å². The molecular formula is C17H16ClNO. The summed E-state index contributed by atoms with van der Waals surface area (Å²) in [4.78, 5) is 4.16. The Balaban J connectivity index is 2.16. The quantitative estimate of drug-likeness (QED) is 0.631. The van der Waals surface area contributed by atoms with Crippen molar-refractivity contribution in [1.29, 1.82) is 0 Å². The molecule has 0 saturated heterocycles. The van der Waals surface area contributed by atoms with E-state index in [0.29, 0.717) is 12.5 Å². The summed E-state index contributed by atoms with van der Waals surface area (Å²) < 4.78 is 5.84. The molecule has 3 heteroatoms. The van der Waals surface area contributed by atoms with Crippen molar-refractivity contribution in [3.05, 3.63) is 58.9 Å². The summed E-state index contributed by atoms with van der Waals surface area (Å²) in [6, 6.07) is 8.02. The molecule has 2 rings (SSSR count). The van der Waals surface area contributed by atoms with Crippen LogP contribution >= 0.6 is 11.6 Å². The second kappa shape index (κ2) is 6.98. The maximum Gasteiger partial charge on any atom is 0.135 e. The number of hydrogen-bond acceptors (Lipinski definition) is 2. The van der Waals surface area contributed by atoms with E-state index in [4.69, 9.17) is 16.3 Å². The van der Waals surface area contributed by atoms with Gasteiger partial charge in [0.15, 0.2) is 0 Å². The van der Waals surface area contributed by atoms with Gasteiger partial charge in [-0.3, -0.25) is 4.98 Å². The van der Waals surface area contributed by atoms with E-state index >= 15 is 0 Å².